The van der Waals surface area contributed by atoms with Gasteiger partial charge in [-0.25, -0.2) is 0 Å². The van der Waals surface area contributed by atoms with E-state index in [0.717, 1.165) is 25.9 Å². The third kappa shape index (κ3) is 1.75. The molecule has 1 fully saturated rings. The second-order valence-electron chi connectivity index (χ2n) is 4.35. The lowest BCUT2D eigenvalue weighted by Gasteiger charge is -2.24. The fraction of sp³-hybridized carbons (Fsp3) is 0.357. The van der Waals surface area contributed by atoms with Crippen molar-refractivity contribution in [3.63, 3.8) is 0 Å². The lowest BCUT2D eigenvalue weighted by Crippen LogP contribution is -2.29. The van der Waals surface area contributed by atoms with Crippen molar-refractivity contribution in [2.75, 3.05) is 13.1 Å². The van der Waals surface area contributed by atoms with Crippen LogP contribution in [0.4, 0.5) is 0 Å². The maximum atomic E-state index is 4.59. The van der Waals surface area contributed by atoms with Gasteiger partial charge in [0.2, 0.25) is 0 Å². The first kappa shape index (κ1) is 9.64. The minimum absolute atomic E-state index is 1.02. The molecule has 0 amide bonds. The van der Waals surface area contributed by atoms with E-state index in [1.807, 2.05) is 0 Å². The molecule has 0 saturated carbocycles. The van der Waals surface area contributed by atoms with Gasteiger partial charge in [-0.15, -0.1) is 0 Å². The van der Waals surface area contributed by atoms with Crippen molar-refractivity contribution in [3.8, 4) is 0 Å². The Kier molecular flexibility index (Phi) is 2.49. The molecular formula is C14H16N2. The van der Waals surface area contributed by atoms with Crippen LogP contribution >= 0.6 is 0 Å². The van der Waals surface area contributed by atoms with Crippen LogP contribution in [0.5, 0.6) is 0 Å². The fourth-order valence-electron chi connectivity index (χ4n) is 2.44. The first-order chi connectivity index (χ1) is 7.93. The molecule has 2 nitrogen and oxygen atoms in total. The highest BCUT2D eigenvalue weighted by molar-refractivity contribution is 5.88. The highest BCUT2D eigenvalue weighted by Gasteiger charge is 2.25. The minimum Gasteiger partial charge on any atom is -0.334 e. The van der Waals surface area contributed by atoms with Crippen molar-refractivity contribution in [2.45, 2.75) is 19.3 Å². The van der Waals surface area contributed by atoms with E-state index in [1.54, 1.807) is 0 Å². The number of amidine groups is 1. The number of allylic oxidation sites excluding steroid dienone is 1. The Labute approximate surface area is 96.3 Å². The van der Waals surface area contributed by atoms with E-state index in [2.05, 4.69) is 46.3 Å². The molecule has 0 radical (unpaired) electrons. The van der Waals surface area contributed by atoms with Crippen LogP contribution in [0, 0.1) is 0 Å². The van der Waals surface area contributed by atoms with Gasteiger partial charge in [-0.3, -0.25) is 4.99 Å². The van der Waals surface area contributed by atoms with Gasteiger partial charge in [0.15, 0.2) is 0 Å². The van der Waals surface area contributed by atoms with Crippen LogP contribution in [-0.2, 0) is 0 Å². The number of aliphatic imine (C=N–C) groups is 1. The van der Waals surface area contributed by atoms with Crippen molar-refractivity contribution in [1.82, 2.24) is 4.90 Å². The smallest absolute Gasteiger partial charge is 0.103 e. The number of fused-ring (bicyclic) bond motifs is 1. The Balaban J connectivity index is 1.89. The van der Waals surface area contributed by atoms with Gasteiger partial charge in [0.1, 0.15) is 5.84 Å². The third-order valence-electron chi connectivity index (χ3n) is 3.23. The second-order valence-corrected chi connectivity index (χ2v) is 4.35. The van der Waals surface area contributed by atoms with Gasteiger partial charge in [-0.1, -0.05) is 30.3 Å². The number of rotatable bonds is 1. The first-order valence-corrected chi connectivity index (χ1v) is 6.00. The monoisotopic (exact) mass is 212 g/mol. The molecule has 0 aromatic heterocycles. The molecule has 0 aliphatic carbocycles. The van der Waals surface area contributed by atoms with E-state index in [9.17, 15) is 0 Å². The average Bonchev–Trinajstić information content (AvgIpc) is 2.74. The highest BCUT2D eigenvalue weighted by Crippen LogP contribution is 2.27. The Bertz CT molecular complexity index is 431. The Morgan fingerprint density at radius 2 is 2.00 bits per heavy atom. The summed E-state index contributed by atoms with van der Waals surface area (Å²) < 4.78 is 0. The summed E-state index contributed by atoms with van der Waals surface area (Å²) in [7, 11) is 0. The Hall–Kier alpha value is -1.57. The quantitative estimate of drug-likeness (QED) is 0.699. The van der Waals surface area contributed by atoms with E-state index in [0.29, 0.717) is 0 Å². The van der Waals surface area contributed by atoms with Crippen LogP contribution in [0.3, 0.4) is 0 Å². The summed E-state index contributed by atoms with van der Waals surface area (Å²) in [5, 5.41) is 0. The van der Waals surface area contributed by atoms with Gasteiger partial charge in [-0.05, 0) is 24.5 Å². The third-order valence-corrected chi connectivity index (χ3v) is 3.23. The average molecular weight is 212 g/mol. The lowest BCUT2D eigenvalue weighted by molar-refractivity contribution is 0.491. The van der Waals surface area contributed by atoms with Crippen LogP contribution in [0.15, 0.2) is 41.0 Å². The summed E-state index contributed by atoms with van der Waals surface area (Å²) >= 11 is 0. The topological polar surface area (TPSA) is 15.6 Å². The molecule has 2 heterocycles. The first-order valence-electron chi connectivity index (χ1n) is 6.00. The van der Waals surface area contributed by atoms with Gasteiger partial charge in [0, 0.05) is 25.2 Å². The van der Waals surface area contributed by atoms with Gasteiger partial charge >= 0.3 is 0 Å². The standard InChI is InChI=1S/C14H16N2/c1-2-5-12(6-3-1)11-13-7-8-14-15-9-4-10-16(13)14/h1-3,5-6,11H,4,7-10H2/b13-11-. The fourth-order valence-corrected chi connectivity index (χ4v) is 2.44. The SMILES string of the molecule is C(=C1\CCC2=NCCCN21)/c1ccccc1. The summed E-state index contributed by atoms with van der Waals surface area (Å²) in [4.78, 5) is 6.98. The van der Waals surface area contributed by atoms with Gasteiger partial charge < -0.3 is 4.90 Å². The molecule has 0 atom stereocenters. The van der Waals surface area contributed by atoms with Crippen LogP contribution in [-0.4, -0.2) is 23.8 Å². The molecule has 0 N–H and O–H groups in total. The molecule has 2 heteroatoms. The van der Waals surface area contributed by atoms with Gasteiger partial charge in [0.25, 0.3) is 0 Å². The molecule has 82 valence electrons. The minimum atomic E-state index is 1.02. The number of hydrogen-bond acceptors (Lipinski definition) is 2. The van der Waals surface area contributed by atoms with Crippen LogP contribution in [0.25, 0.3) is 6.08 Å². The molecule has 1 aromatic carbocycles. The molecule has 3 rings (SSSR count). The summed E-state index contributed by atoms with van der Waals surface area (Å²) in [6.45, 7) is 2.17. The number of benzene rings is 1. The summed E-state index contributed by atoms with van der Waals surface area (Å²) in [6.07, 6.45) is 5.76. The molecule has 1 aromatic rings. The molecule has 2 aliphatic heterocycles. The number of nitrogens with zero attached hydrogens (tertiary/aromatic N) is 2. The van der Waals surface area contributed by atoms with Crippen molar-refractivity contribution in [3.05, 3.63) is 41.6 Å². The maximum Gasteiger partial charge on any atom is 0.103 e. The van der Waals surface area contributed by atoms with Crippen LogP contribution in [0.2, 0.25) is 0 Å². The Morgan fingerprint density at radius 1 is 1.12 bits per heavy atom. The molecule has 0 spiro atoms. The van der Waals surface area contributed by atoms with Gasteiger partial charge in [-0.2, -0.15) is 0 Å². The van der Waals surface area contributed by atoms with Crippen molar-refractivity contribution in [2.24, 2.45) is 4.99 Å². The summed E-state index contributed by atoms with van der Waals surface area (Å²) in [5.74, 6) is 1.30. The highest BCUT2D eigenvalue weighted by atomic mass is 15.2. The van der Waals surface area contributed by atoms with E-state index in [4.69, 9.17) is 0 Å². The van der Waals surface area contributed by atoms with E-state index in [1.165, 1.54) is 23.5 Å². The molecule has 2 aliphatic rings. The van der Waals surface area contributed by atoms with Crippen molar-refractivity contribution < 1.29 is 0 Å². The zero-order valence-electron chi connectivity index (χ0n) is 9.39. The predicted octanol–water partition coefficient (Wildman–Crippen LogP) is 2.93. The zero-order valence-corrected chi connectivity index (χ0v) is 9.39. The largest absolute Gasteiger partial charge is 0.334 e. The summed E-state index contributed by atoms with van der Waals surface area (Å²) in [5.41, 5.74) is 2.73. The van der Waals surface area contributed by atoms with Gasteiger partial charge in [0.05, 0.1) is 0 Å². The van der Waals surface area contributed by atoms with Crippen molar-refractivity contribution >= 4 is 11.9 Å². The van der Waals surface area contributed by atoms with Crippen LogP contribution < -0.4 is 0 Å². The molecule has 0 unspecified atom stereocenters. The van der Waals surface area contributed by atoms with Crippen LogP contribution in [0.1, 0.15) is 24.8 Å². The van der Waals surface area contributed by atoms with E-state index < -0.39 is 0 Å². The zero-order chi connectivity index (χ0) is 10.8. The molecular weight excluding hydrogens is 196 g/mol. The number of hydrogen-bond donors (Lipinski definition) is 0. The van der Waals surface area contributed by atoms with Crippen molar-refractivity contribution in [1.29, 1.82) is 0 Å². The second kappa shape index (κ2) is 4.12. The predicted molar refractivity (Wildman–Crippen MR) is 67.3 cm³/mol. The Morgan fingerprint density at radius 3 is 2.88 bits per heavy atom. The lowest BCUT2D eigenvalue weighted by atomic mass is 10.1. The normalized spacial score (nSPS) is 22.1. The summed E-state index contributed by atoms with van der Waals surface area (Å²) in [6, 6.07) is 10.6. The van der Waals surface area contributed by atoms with E-state index >= 15 is 0 Å². The van der Waals surface area contributed by atoms with E-state index in [-0.39, 0.29) is 0 Å². The molecule has 0 bridgehead atoms. The molecule has 16 heavy (non-hydrogen) atoms. The maximum absolute atomic E-state index is 4.59. The molecule has 1 saturated heterocycles.